The second-order valence-corrected chi connectivity index (χ2v) is 4.10. The molecule has 0 aromatic heterocycles. The third-order valence-electron chi connectivity index (χ3n) is 2.51. The normalized spacial score (nSPS) is 15.1. The highest BCUT2D eigenvalue weighted by Gasteiger charge is 2.06. The van der Waals surface area contributed by atoms with Crippen molar-refractivity contribution in [2.75, 3.05) is 6.54 Å². The largest absolute Gasteiger partial charge is 0.481 e. The van der Waals surface area contributed by atoms with Crippen molar-refractivity contribution in [3.8, 4) is 0 Å². The molecule has 2 atom stereocenters. The van der Waals surface area contributed by atoms with Gasteiger partial charge in [0.25, 0.3) is 0 Å². The van der Waals surface area contributed by atoms with E-state index in [0.717, 1.165) is 18.9 Å². The van der Waals surface area contributed by atoms with Gasteiger partial charge in [0, 0.05) is 12.5 Å². The first-order chi connectivity index (χ1) is 6.56. The van der Waals surface area contributed by atoms with E-state index in [2.05, 4.69) is 26.1 Å². The molecule has 0 fully saturated rings. The van der Waals surface area contributed by atoms with Gasteiger partial charge in [-0.05, 0) is 32.2 Å². The average molecular weight is 201 g/mol. The molecule has 0 aliphatic heterocycles. The van der Waals surface area contributed by atoms with Crippen molar-refractivity contribution in [1.82, 2.24) is 5.32 Å². The minimum Gasteiger partial charge on any atom is -0.481 e. The number of hydrogen-bond acceptors (Lipinski definition) is 2. The van der Waals surface area contributed by atoms with Crippen molar-refractivity contribution < 1.29 is 9.90 Å². The number of hydrogen-bond donors (Lipinski definition) is 2. The Morgan fingerprint density at radius 1 is 1.43 bits per heavy atom. The highest BCUT2D eigenvalue weighted by Crippen LogP contribution is 2.09. The molecule has 84 valence electrons. The molecule has 0 bridgehead atoms. The van der Waals surface area contributed by atoms with E-state index in [-0.39, 0.29) is 6.42 Å². The third-order valence-corrected chi connectivity index (χ3v) is 2.51. The van der Waals surface area contributed by atoms with Gasteiger partial charge >= 0.3 is 5.97 Å². The van der Waals surface area contributed by atoms with Crippen LogP contribution in [-0.4, -0.2) is 23.7 Å². The molecule has 3 heteroatoms. The molecule has 3 nitrogen and oxygen atoms in total. The molecule has 14 heavy (non-hydrogen) atoms. The summed E-state index contributed by atoms with van der Waals surface area (Å²) < 4.78 is 0. The molecule has 0 heterocycles. The number of nitrogens with one attached hydrogen (secondary N) is 1. The van der Waals surface area contributed by atoms with Gasteiger partial charge in [-0.25, -0.2) is 0 Å². The zero-order chi connectivity index (χ0) is 11.0. The topological polar surface area (TPSA) is 49.3 Å². The fourth-order valence-electron chi connectivity index (χ4n) is 1.44. The van der Waals surface area contributed by atoms with Gasteiger partial charge in [0.15, 0.2) is 0 Å². The smallest absolute Gasteiger partial charge is 0.303 e. The minimum atomic E-state index is -0.707. The van der Waals surface area contributed by atoms with Gasteiger partial charge in [-0.15, -0.1) is 0 Å². The Morgan fingerprint density at radius 2 is 2.07 bits per heavy atom. The maximum absolute atomic E-state index is 10.2. The third kappa shape index (κ3) is 8.05. The van der Waals surface area contributed by atoms with E-state index in [0.29, 0.717) is 6.04 Å². The van der Waals surface area contributed by atoms with Crippen LogP contribution in [0.4, 0.5) is 0 Å². The van der Waals surface area contributed by atoms with E-state index in [4.69, 9.17) is 5.11 Å². The van der Waals surface area contributed by atoms with E-state index >= 15 is 0 Å². The second-order valence-electron chi connectivity index (χ2n) is 4.10. The molecular weight excluding hydrogens is 178 g/mol. The van der Waals surface area contributed by atoms with Crippen LogP contribution in [0.3, 0.4) is 0 Å². The van der Waals surface area contributed by atoms with Crippen molar-refractivity contribution >= 4 is 5.97 Å². The first-order valence-corrected chi connectivity index (χ1v) is 5.51. The number of rotatable bonds is 8. The van der Waals surface area contributed by atoms with Gasteiger partial charge < -0.3 is 10.4 Å². The lowest BCUT2D eigenvalue weighted by Crippen LogP contribution is -2.28. The Balaban J connectivity index is 3.35. The fourth-order valence-corrected chi connectivity index (χ4v) is 1.44. The lowest BCUT2D eigenvalue weighted by atomic mass is 10.0. The quantitative estimate of drug-likeness (QED) is 0.592. The van der Waals surface area contributed by atoms with E-state index in [1.54, 1.807) is 0 Å². The summed E-state index contributed by atoms with van der Waals surface area (Å²) in [5, 5.41) is 11.8. The Kier molecular flexibility index (Phi) is 7.48. The summed E-state index contributed by atoms with van der Waals surface area (Å²) in [6, 6.07) is 0.499. The van der Waals surface area contributed by atoms with Crippen LogP contribution in [-0.2, 0) is 4.79 Å². The molecule has 0 amide bonds. The van der Waals surface area contributed by atoms with Crippen LogP contribution in [0.2, 0.25) is 0 Å². The Bertz CT molecular complexity index is 159. The zero-order valence-corrected chi connectivity index (χ0v) is 9.55. The summed E-state index contributed by atoms with van der Waals surface area (Å²) in [4.78, 5) is 10.2. The number of carboxylic acid groups (broad SMARTS) is 1. The van der Waals surface area contributed by atoms with E-state index in [1.807, 2.05) is 0 Å². The molecular formula is C11H23NO2. The van der Waals surface area contributed by atoms with E-state index in [9.17, 15) is 4.79 Å². The molecule has 0 aromatic carbocycles. The molecule has 0 radical (unpaired) electrons. The Hall–Kier alpha value is -0.570. The predicted molar refractivity (Wildman–Crippen MR) is 58.4 cm³/mol. The van der Waals surface area contributed by atoms with Gasteiger partial charge in [-0.1, -0.05) is 20.3 Å². The first-order valence-electron chi connectivity index (χ1n) is 5.51. The molecule has 2 unspecified atom stereocenters. The minimum absolute atomic E-state index is 0.267. The fraction of sp³-hybridized carbons (Fsp3) is 0.909. The van der Waals surface area contributed by atoms with Crippen LogP contribution in [0, 0.1) is 5.92 Å². The van der Waals surface area contributed by atoms with Crippen LogP contribution >= 0.6 is 0 Å². The summed E-state index contributed by atoms with van der Waals surface area (Å²) in [6.45, 7) is 7.41. The summed E-state index contributed by atoms with van der Waals surface area (Å²) in [5.41, 5.74) is 0. The van der Waals surface area contributed by atoms with Crippen LogP contribution < -0.4 is 5.32 Å². The van der Waals surface area contributed by atoms with E-state index < -0.39 is 5.97 Å². The van der Waals surface area contributed by atoms with Gasteiger partial charge in [-0.2, -0.15) is 0 Å². The van der Waals surface area contributed by atoms with Crippen molar-refractivity contribution in [2.24, 2.45) is 5.92 Å². The SMILES string of the molecule is CCC(C)CC(C)NCCCC(=O)O. The molecule has 0 saturated carbocycles. The highest BCUT2D eigenvalue weighted by atomic mass is 16.4. The standard InChI is InChI=1S/C11H23NO2/c1-4-9(2)8-10(3)12-7-5-6-11(13)14/h9-10,12H,4-8H2,1-3H3,(H,13,14). The maximum Gasteiger partial charge on any atom is 0.303 e. The van der Waals surface area contributed by atoms with Crippen LogP contribution in [0.15, 0.2) is 0 Å². The van der Waals surface area contributed by atoms with Crippen molar-refractivity contribution in [3.63, 3.8) is 0 Å². The summed E-state index contributed by atoms with van der Waals surface area (Å²) in [7, 11) is 0. The molecule has 2 N–H and O–H groups in total. The van der Waals surface area contributed by atoms with Gasteiger partial charge in [0.05, 0.1) is 0 Å². The van der Waals surface area contributed by atoms with Crippen molar-refractivity contribution in [3.05, 3.63) is 0 Å². The molecule has 0 spiro atoms. The first kappa shape index (κ1) is 13.4. The van der Waals surface area contributed by atoms with Crippen LogP contribution in [0.25, 0.3) is 0 Å². The summed E-state index contributed by atoms with van der Waals surface area (Å²) in [5.74, 6) is 0.0401. The number of aliphatic carboxylic acids is 1. The molecule has 0 aromatic rings. The second kappa shape index (κ2) is 7.80. The maximum atomic E-state index is 10.2. The molecule has 0 aliphatic carbocycles. The Morgan fingerprint density at radius 3 is 2.57 bits per heavy atom. The highest BCUT2D eigenvalue weighted by molar-refractivity contribution is 5.66. The monoisotopic (exact) mass is 201 g/mol. The van der Waals surface area contributed by atoms with Gasteiger partial charge in [0.2, 0.25) is 0 Å². The van der Waals surface area contributed by atoms with Crippen LogP contribution in [0.5, 0.6) is 0 Å². The van der Waals surface area contributed by atoms with Crippen molar-refractivity contribution in [2.45, 2.75) is 52.5 Å². The summed E-state index contributed by atoms with van der Waals surface area (Å²) in [6.07, 6.45) is 3.37. The van der Waals surface area contributed by atoms with Gasteiger partial charge in [-0.3, -0.25) is 4.79 Å². The van der Waals surface area contributed by atoms with E-state index in [1.165, 1.54) is 12.8 Å². The predicted octanol–water partition coefficient (Wildman–Crippen LogP) is 2.27. The van der Waals surface area contributed by atoms with Crippen molar-refractivity contribution in [1.29, 1.82) is 0 Å². The van der Waals surface area contributed by atoms with Crippen LogP contribution in [0.1, 0.15) is 46.5 Å². The molecule has 0 saturated heterocycles. The molecule has 0 aliphatic rings. The zero-order valence-electron chi connectivity index (χ0n) is 9.55. The Labute approximate surface area is 86.9 Å². The number of carbonyl (C=O) groups is 1. The lowest BCUT2D eigenvalue weighted by Gasteiger charge is -2.17. The lowest BCUT2D eigenvalue weighted by molar-refractivity contribution is -0.137. The average Bonchev–Trinajstić information content (AvgIpc) is 2.12. The number of carboxylic acids is 1. The molecule has 0 rings (SSSR count). The van der Waals surface area contributed by atoms with Gasteiger partial charge in [0.1, 0.15) is 0 Å². The summed E-state index contributed by atoms with van der Waals surface area (Å²) >= 11 is 0.